The van der Waals surface area contributed by atoms with Crippen LogP contribution in [0.2, 0.25) is 0 Å². The van der Waals surface area contributed by atoms with Crippen LogP contribution in [0.5, 0.6) is 11.5 Å². The Morgan fingerprint density at radius 2 is 0.891 bits per heavy atom. The van der Waals surface area contributed by atoms with E-state index in [1.807, 2.05) is 78.0 Å². The van der Waals surface area contributed by atoms with E-state index in [1.54, 1.807) is 26.0 Å². The first kappa shape index (κ1) is 35.8. The summed E-state index contributed by atoms with van der Waals surface area (Å²) in [4.78, 5) is 0. The Labute approximate surface area is 275 Å². The van der Waals surface area contributed by atoms with Crippen molar-refractivity contribution >= 4 is 0 Å². The van der Waals surface area contributed by atoms with Gasteiger partial charge in [0.15, 0.2) is 0 Å². The summed E-state index contributed by atoms with van der Waals surface area (Å²) in [6.07, 6.45) is 7.05. The van der Waals surface area contributed by atoms with E-state index in [-0.39, 0.29) is 23.0 Å². The van der Waals surface area contributed by atoms with Crippen molar-refractivity contribution in [2.24, 2.45) is 0 Å². The average Bonchev–Trinajstić information content (AvgIpc) is 3.03. The Hall–Kier alpha value is -4.70. The van der Waals surface area contributed by atoms with Crippen molar-refractivity contribution in [3.63, 3.8) is 0 Å². The fourth-order valence-corrected chi connectivity index (χ4v) is 6.12. The van der Waals surface area contributed by atoms with E-state index in [0.717, 1.165) is 55.7 Å². The van der Waals surface area contributed by atoms with Gasteiger partial charge in [0.1, 0.15) is 23.0 Å². The zero-order chi connectivity index (χ0) is 34.7. The minimum Gasteiger partial charge on any atom is -0.508 e. The summed E-state index contributed by atoms with van der Waals surface area (Å²) in [6.45, 7) is 28.0. The quantitative estimate of drug-likeness (QED) is 0.104. The van der Waals surface area contributed by atoms with Crippen LogP contribution in [0.4, 0.5) is 0 Å². The molecule has 0 heterocycles. The van der Waals surface area contributed by atoms with E-state index in [2.05, 4.69) is 51.3 Å². The van der Waals surface area contributed by atoms with Crippen molar-refractivity contribution in [2.75, 3.05) is 0 Å². The van der Waals surface area contributed by atoms with E-state index in [9.17, 15) is 20.4 Å². The van der Waals surface area contributed by atoms with Crippen molar-refractivity contribution in [2.45, 2.75) is 80.1 Å². The van der Waals surface area contributed by atoms with Gasteiger partial charge in [-0.25, -0.2) is 0 Å². The summed E-state index contributed by atoms with van der Waals surface area (Å²) in [5, 5.41) is 42.0. The molecule has 0 atom stereocenters. The molecule has 0 saturated carbocycles. The molecule has 0 aromatic heterocycles. The molecule has 46 heavy (non-hydrogen) atoms. The Morgan fingerprint density at radius 3 is 1.20 bits per heavy atom. The summed E-state index contributed by atoms with van der Waals surface area (Å²) in [5.41, 5.74) is 8.62. The molecule has 4 N–H and O–H groups in total. The molecule has 242 valence electrons. The molecule has 0 amide bonds. The Morgan fingerprint density at radius 1 is 0.587 bits per heavy atom. The highest BCUT2D eigenvalue weighted by atomic mass is 16.3. The van der Waals surface area contributed by atoms with Crippen molar-refractivity contribution in [1.29, 1.82) is 0 Å². The van der Waals surface area contributed by atoms with Crippen LogP contribution in [0.3, 0.4) is 0 Å². The van der Waals surface area contributed by atoms with Crippen LogP contribution in [-0.4, -0.2) is 20.4 Å². The molecule has 4 heteroatoms. The molecule has 0 saturated heterocycles. The number of aliphatic hydroxyl groups is 2. The second kappa shape index (κ2) is 13.7. The van der Waals surface area contributed by atoms with Gasteiger partial charge >= 0.3 is 0 Å². The van der Waals surface area contributed by atoms with Crippen molar-refractivity contribution < 1.29 is 20.4 Å². The number of allylic oxidation sites excluding steroid dienone is 8. The predicted molar refractivity (Wildman–Crippen MR) is 193 cm³/mol. The summed E-state index contributed by atoms with van der Waals surface area (Å²) in [5.74, 6) is 0.925. The number of hydrogen-bond donors (Lipinski definition) is 4. The van der Waals surface area contributed by atoms with Crippen molar-refractivity contribution in [3.8, 4) is 11.5 Å². The van der Waals surface area contributed by atoms with Crippen LogP contribution in [0, 0.1) is 27.7 Å². The van der Waals surface area contributed by atoms with Crippen LogP contribution >= 0.6 is 0 Å². The number of aliphatic hydroxyl groups excluding tert-OH is 2. The largest absolute Gasteiger partial charge is 0.508 e. The number of benzene rings is 3. The molecule has 3 aromatic carbocycles. The second-order valence-electron chi connectivity index (χ2n) is 12.8. The Bertz CT molecular complexity index is 1640. The Kier molecular flexibility index (Phi) is 10.7. The molecule has 0 aliphatic rings. The van der Waals surface area contributed by atoms with Gasteiger partial charge in [0.2, 0.25) is 0 Å². The van der Waals surface area contributed by atoms with Gasteiger partial charge in [-0.2, -0.15) is 0 Å². The lowest BCUT2D eigenvalue weighted by Crippen LogP contribution is -2.28. The van der Waals surface area contributed by atoms with Gasteiger partial charge in [0.25, 0.3) is 0 Å². The monoisotopic (exact) mass is 618 g/mol. The van der Waals surface area contributed by atoms with Crippen molar-refractivity contribution in [3.05, 3.63) is 164 Å². The molecular formula is C42H50O4. The SMILES string of the molecule is C=C(C=C(C)C(O)=CC)C(C)(C(=C)C=C(C)C(O)=CC)c1ccc(C(C)(c2cc(C)c(O)c(C)c2)c2cc(C)c(O)c(C)c2)cc1. The molecule has 3 aromatic rings. The fraction of sp³-hybridized carbons (Fsp3) is 0.286. The molecule has 3 rings (SSSR count). The highest BCUT2D eigenvalue weighted by molar-refractivity contribution is 5.59. The van der Waals surface area contributed by atoms with E-state index in [0.29, 0.717) is 11.1 Å². The van der Waals surface area contributed by atoms with Crippen LogP contribution in [0.15, 0.2) is 120 Å². The first-order chi connectivity index (χ1) is 21.4. The molecule has 0 unspecified atom stereocenters. The lowest BCUT2D eigenvalue weighted by atomic mass is 9.67. The maximum absolute atomic E-state index is 10.6. The number of aromatic hydroxyl groups is 2. The van der Waals surface area contributed by atoms with E-state index < -0.39 is 10.8 Å². The lowest BCUT2D eigenvalue weighted by molar-refractivity contribution is 0.422. The zero-order valence-corrected chi connectivity index (χ0v) is 29.1. The van der Waals surface area contributed by atoms with Gasteiger partial charge < -0.3 is 20.4 Å². The normalized spacial score (nSPS) is 14.7. The highest BCUT2D eigenvalue weighted by Gasteiger charge is 2.36. The van der Waals surface area contributed by atoms with Crippen LogP contribution in [0.25, 0.3) is 0 Å². The van der Waals surface area contributed by atoms with Gasteiger partial charge in [-0.3, -0.25) is 0 Å². The van der Waals surface area contributed by atoms with E-state index in [1.165, 1.54) is 0 Å². The molecule has 0 fully saturated rings. The molecule has 0 aliphatic carbocycles. The standard InChI is InChI=1S/C42H50O4/c1-13-37(43)25(3)19-31(9)41(11,32(10)20-26(4)38(44)14-2)33-15-17-34(18-16-33)42(12,35-21-27(5)39(45)28(6)22-35)36-23-29(7)40(46)30(8)24-36/h13-24,43-46H,9-10H2,1-8,11-12H3. The molecule has 0 bridgehead atoms. The topological polar surface area (TPSA) is 80.9 Å². The first-order valence-corrected chi connectivity index (χ1v) is 15.6. The molecule has 0 radical (unpaired) electrons. The zero-order valence-electron chi connectivity index (χ0n) is 29.1. The van der Waals surface area contributed by atoms with Gasteiger partial charge in [-0.15, -0.1) is 0 Å². The highest BCUT2D eigenvalue weighted by Crippen LogP contribution is 2.45. The average molecular weight is 619 g/mol. The molecule has 4 nitrogen and oxygen atoms in total. The van der Waals surface area contributed by atoms with E-state index >= 15 is 0 Å². The van der Waals surface area contributed by atoms with Gasteiger partial charge in [0.05, 0.1) is 0 Å². The third-order valence-corrected chi connectivity index (χ3v) is 9.60. The number of phenols is 2. The van der Waals surface area contributed by atoms with Gasteiger partial charge in [-0.1, -0.05) is 73.8 Å². The minimum atomic E-state index is -0.781. The number of aryl methyl sites for hydroxylation is 4. The molecular weight excluding hydrogens is 568 g/mol. The summed E-state index contributed by atoms with van der Waals surface area (Å²) in [6, 6.07) is 16.5. The van der Waals surface area contributed by atoms with Gasteiger partial charge in [0, 0.05) is 10.8 Å². The maximum Gasteiger partial charge on any atom is 0.121 e. The number of hydrogen-bond acceptors (Lipinski definition) is 4. The van der Waals surface area contributed by atoms with Crippen LogP contribution in [0.1, 0.15) is 86.1 Å². The molecule has 0 aliphatic heterocycles. The van der Waals surface area contributed by atoms with Crippen LogP contribution < -0.4 is 0 Å². The number of rotatable bonds is 10. The van der Waals surface area contributed by atoms with Crippen LogP contribution in [-0.2, 0) is 10.8 Å². The summed E-state index contributed by atoms with van der Waals surface area (Å²) < 4.78 is 0. The smallest absolute Gasteiger partial charge is 0.121 e. The maximum atomic E-state index is 10.6. The second-order valence-corrected chi connectivity index (χ2v) is 12.8. The molecule has 0 spiro atoms. The lowest BCUT2D eigenvalue weighted by Gasteiger charge is -2.36. The third-order valence-electron chi connectivity index (χ3n) is 9.60. The van der Waals surface area contributed by atoms with E-state index in [4.69, 9.17) is 0 Å². The van der Waals surface area contributed by atoms with Crippen molar-refractivity contribution in [1.82, 2.24) is 0 Å². The minimum absolute atomic E-state index is 0.178. The summed E-state index contributed by atoms with van der Waals surface area (Å²) in [7, 11) is 0. The first-order valence-electron chi connectivity index (χ1n) is 15.6. The fourth-order valence-electron chi connectivity index (χ4n) is 6.12. The summed E-state index contributed by atoms with van der Waals surface area (Å²) >= 11 is 0. The third kappa shape index (κ3) is 6.62. The number of phenolic OH excluding ortho intramolecular Hbond substituents is 2. The van der Waals surface area contributed by atoms with Gasteiger partial charge in [-0.05, 0) is 148 Å². The Balaban J connectivity index is 2.33. The predicted octanol–water partition coefficient (Wildman–Crippen LogP) is 10.9.